The predicted molar refractivity (Wildman–Crippen MR) is 110 cm³/mol. The van der Waals surface area contributed by atoms with Crippen molar-refractivity contribution >= 4 is 5.91 Å². The predicted octanol–water partition coefficient (Wildman–Crippen LogP) is 3.92. The van der Waals surface area contributed by atoms with E-state index in [0.29, 0.717) is 30.2 Å². The summed E-state index contributed by atoms with van der Waals surface area (Å²) in [5.41, 5.74) is 3.32. The molecule has 2 aromatic carbocycles. The van der Waals surface area contributed by atoms with Crippen molar-refractivity contribution in [1.82, 2.24) is 10.3 Å². The summed E-state index contributed by atoms with van der Waals surface area (Å²) in [5.74, 6) is 1.80. The topological polar surface area (TPSA) is 69.7 Å². The van der Waals surface area contributed by atoms with Crippen LogP contribution in [0.3, 0.4) is 0 Å². The zero-order valence-electron chi connectivity index (χ0n) is 16.8. The van der Waals surface area contributed by atoms with Gasteiger partial charge in [-0.15, -0.1) is 0 Å². The first kappa shape index (κ1) is 20.2. The summed E-state index contributed by atoms with van der Waals surface area (Å²) in [4.78, 5) is 16.6. The number of methoxy groups -OCH3 is 2. The van der Waals surface area contributed by atoms with Gasteiger partial charge < -0.3 is 19.5 Å². The molecule has 0 aliphatic carbocycles. The Balaban J connectivity index is 1.58. The molecule has 0 aliphatic rings. The number of benzene rings is 2. The van der Waals surface area contributed by atoms with Gasteiger partial charge in [0.1, 0.15) is 23.9 Å². The molecule has 1 N–H and O–H groups in total. The fourth-order valence-corrected chi connectivity index (χ4v) is 2.86. The van der Waals surface area contributed by atoms with E-state index < -0.39 is 0 Å². The molecule has 0 aliphatic heterocycles. The molecule has 0 saturated carbocycles. The molecule has 0 saturated heterocycles. The summed E-state index contributed by atoms with van der Waals surface area (Å²) in [6.07, 6.45) is 3.51. The molecule has 3 aromatic rings. The van der Waals surface area contributed by atoms with Crippen LogP contribution in [-0.2, 0) is 13.2 Å². The van der Waals surface area contributed by atoms with Gasteiger partial charge in [0.05, 0.1) is 14.2 Å². The highest BCUT2D eigenvalue weighted by Crippen LogP contribution is 2.29. The highest BCUT2D eigenvalue weighted by Gasteiger charge is 2.13. The van der Waals surface area contributed by atoms with Gasteiger partial charge in [-0.05, 0) is 42.8 Å². The quantitative estimate of drug-likeness (QED) is 0.629. The summed E-state index contributed by atoms with van der Waals surface area (Å²) >= 11 is 0. The van der Waals surface area contributed by atoms with Crippen molar-refractivity contribution in [3.05, 3.63) is 83.2 Å². The van der Waals surface area contributed by atoms with Crippen LogP contribution >= 0.6 is 0 Å². The van der Waals surface area contributed by atoms with Crippen molar-refractivity contribution in [3.8, 4) is 17.2 Å². The van der Waals surface area contributed by atoms with E-state index in [9.17, 15) is 4.79 Å². The number of pyridine rings is 1. The van der Waals surface area contributed by atoms with Gasteiger partial charge in [0.15, 0.2) is 0 Å². The number of carbonyl (C=O) groups is 1. The molecule has 0 unspecified atom stereocenters. The second-order valence-electron chi connectivity index (χ2n) is 6.48. The number of hydrogen-bond acceptors (Lipinski definition) is 5. The number of aromatic nitrogens is 1. The fourth-order valence-electron chi connectivity index (χ4n) is 2.86. The maximum absolute atomic E-state index is 12.5. The van der Waals surface area contributed by atoms with Crippen molar-refractivity contribution in [2.45, 2.75) is 20.1 Å². The van der Waals surface area contributed by atoms with Crippen LogP contribution in [0.15, 0.2) is 60.9 Å². The smallest absolute Gasteiger partial charge is 0.251 e. The van der Waals surface area contributed by atoms with Crippen LogP contribution in [0.4, 0.5) is 0 Å². The second kappa shape index (κ2) is 9.59. The number of rotatable bonds is 8. The maximum Gasteiger partial charge on any atom is 0.251 e. The zero-order chi connectivity index (χ0) is 20.6. The van der Waals surface area contributed by atoms with Gasteiger partial charge in [0.25, 0.3) is 5.91 Å². The monoisotopic (exact) mass is 392 g/mol. The Hall–Kier alpha value is -3.54. The molecule has 150 valence electrons. The van der Waals surface area contributed by atoms with Crippen LogP contribution < -0.4 is 19.5 Å². The summed E-state index contributed by atoms with van der Waals surface area (Å²) in [6.45, 7) is 2.75. The highest BCUT2D eigenvalue weighted by molar-refractivity contribution is 5.95. The molecule has 1 heterocycles. The summed E-state index contributed by atoms with van der Waals surface area (Å²) in [6, 6.07) is 14.9. The Morgan fingerprint density at radius 3 is 2.28 bits per heavy atom. The third kappa shape index (κ3) is 5.25. The average Bonchev–Trinajstić information content (AvgIpc) is 2.77. The van der Waals surface area contributed by atoms with Crippen LogP contribution in [0.2, 0.25) is 0 Å². The Bertz CT molecular complexity index is 931. The summed E-state index contributed by atoms with van der Waals surface area (Å²) < 4.78 is 16.4. The van der Waals surface area contributed by atoms with E-state index in [4.69, 9.17) is 14.2 Å². The molecule has 0 bridgehead atoms. The summed E-state index contributed by atoms with van der Waals surface area (Å²) in [7, 11) is 3.14. The van der Waals surface area contributed by atoms with E-state index in [2.05, 4.69) is 10.3 Å². The lowest BCUT2D eigenvalue weighted by molar-refractivity contribution is 0.0950. The van der Waals surface area contributed by atoms with Crippen LogP contribution in [0.25, 0.3) is 0 Å². The van der Waals surface area contributed by atoms with Crippen LogP contribution in [0, 0.1) is 6.92 Å². The summed E-state index contributed by atoms with van der Waals surface area (Å²) in [5, 5.41) is 2.92. The lowest BCUT2D eigenvalue weighted by Crippen LogP contribution is -2.23. The molecule has 6 nitrogen and oxygen atoms in total. The first-order chi connectivity index (χ1) is 14.1. The molecular weight excluding hydrogens is 368 g/mol. The third-order valence-corrected chi connectivity index (χ3v) is 4.52. The van der Waals surface area contributed by atoms with Crippen molar-refractivity contribution in [2.24, 2.45) is 0 Å². The van der Waals surface area contributed by atoms with E-state index in [-0.39, 0.29) is 5.91 Å². The largest absolute Gasteiger partial charge is 0.496 e. The number of nitrogens with zero attached hydrogens (tertiary/aromatic N) is 1. The molecule has 0 radical (unpaired) electrons. The first-order valence-electron chi connectivity index (χ1n) is 9.22. The number of amides is 1. The van der Waals surface area contributed by atoms with Gasteiger partial charge in [-0.25, -0.2) is 0 Å². The number of carbonyl (C=O) groups excluding carboxylic acids is 1. The van der Waals surface area contributed by atoms with Crippen molar-refractivity contribution in [2.75, 3.05) is 14.2 Å². The Morgan fingerprint density at radius 1 is 1.00 bits per heavy atom. The molecule has 0 spiro atoms. The maximum atomic E-state index is 12.5. The Kier molecular flexibility index (Phi) is 6.68. The third-order valence-electron chi connectivity index (χ3n) is 4.52. The molecule has 0 atom stereocenters. The minimum absolute atomic E-state index is 0.196. The van der Waals surface area contributed by atoms with Crippen LogP contribution in [-0.4, -0.2) is 25.1 Å². The SMILES string of the molecule is COc1cc(C(=O)NCc2ccc(OCc3cccnc3)cc2)cc(OC)c1C. The molecule has 1 aromatic heterocycles. The van der Waals surface area contributed by atoms with Gasteiger partial charge in [-0.2, -0.15) is 0 Å². The molecular formula is C23H24N2O4. The van der Waals surface area contributed by atoms with Gasteiger partial charge in [0.2, 0.25) is 0 Å². The van der Waals surface area contributed by atoms with Crippen LogP contribution in [0.5, 0.6) is 17.2 Å². The standard InChI is InChI=1S/C23H24N2O4/c1-16-21(27-2)11-19(12-22(16)28-3)23(26)25-14-17-6-8-20(9-7-17)29-15-18-5-4-10-24-13-18/h4-13H,14-15H2,1-3H3,(H,25,26). The fraction of sp³-hybridized carbons (Fsp3) is 0.217. The van der Waals surface area contributed by atoms with Crippen LogP contribution in [0.1, 0.15) is 27.0 Å². The highest BCUT2D eigenvalue weighted by atomic mass is 16.5. The van der Waals surface area contributed by atoms with E-state index >= 15 is 0 Å². The number of nitrogens with one attached hydrogen (secondary N) is 1. The normalized spacial score (nSPS) is 10.3. The van der Waals surface area contributed by atoms with E-state index in [0.717, 1.165) is 22.4 Å². The lowest BCUT2D eigenvalue weighted by Gasteiger charge is -2.13. The molecule has 1 amide bonds. The van der Waals surface area contributed by atoms with Gasteiger partial charge in [-0.3, -0.25) is 9.78 Å². The molecule has 6 heteroatoms. The molecule has 29 heavy (non-hydrogen) atoms. The van der Waals surface area contributed by atoms with E-state index in [1.807, 2.05) is 43.3 Å². The molecule has 0 fully saturated rings. The minimum atomic E-state index is -0.196. The van der Waals surface area contributed by atoms with Crippen molar-refractivity contribution in [3.63, 3.8) is 0 Å². The zero-order valence-corrected chi connectivity index (χ0v) is 16.8. The number of hydrogen-bond donors (Lipinski definition) is 1. The Labute approximate surface area is 170 Å². The second-order valence-corrected chi connectivity index (χ2v) is 6.48. The van der Waals surface area contributed by atoms with E-state index in [1.165, 1.54) is 0 Å². The van der Waals surface area contributed by atoms with Gasteiger partial charge in [-0.1, -0.05) is 18.2 Å². The first-order valence-corrected chi connectivity index (χ1v) is 9.22. The lowest BCUT2D eigenvalue weighted by atomic mass is 10.1. The van der Waals surface area contributed by atoms with E-state index in [1.54, 1.807) is 38.7 Å². The van der Waals surface area contributed by atoms with Crippen molar-refractivity contribution in [1.29, 1.82) is 0 Å². The van der Waals surface area contributed by atoms with Crippen molar-refractivity contribution < 1.29 is 19.0 Å². The number of ether oxygens (including phenoxy) is 3. The average molecular weight is 392 g/mol. The Morgan fingerprint density at radius 2 is 1.69 bits per heavy atom. The molecule has 3 rings (SSSR count). The minimum Gasteiger partial charge on any atom is -0.496 e. The van der Waals surface area contributed by atoms with Gasteiger partial charge >= 0.3 is 0 Å². The van der Waals surface area contributed by atoms with Gasteiger partial charge in [0, 0.05) is 35.6 Å².